The molecule has 0 aliphatic carbocycles. The first kappa shape index (κ1) is 43.9. The van der Waals surface area contributed by atoms with Crippen molar-refractivity contribution >= 4 is 34.8 Å². The van der Waals surface area contributed by atoms with Crippen LogP contribution in [0.3, 0.4) is 0 Å². The van der Waals surface area contributed by atoms with Gasteiger partial charge in [-0.1, -0.05) is 84.0 Å². The molecule has 2 aliphatic rings. The zero-order valence-corrected chi connectivity index (χ0v) is 37.4. The van der Waals surface area contributed by atoms with Gasteiger partial charge in [-0.3, -0.25) is 9.59 Å². The minimum atomic E-state index is -0.724. The quantitative estimate of drug-likeness (QED) is 0.102. The molecule has 62 heavy (non-hydrogen) atoms. The van der Waals surface area contributed by atoms with Crippen LogP contribution in [0, 0.1) is 23.7 Å². The van der Waals surface area contributed by atoms with E-state index in [2.05, 4.69) is 103 Å². The van der Waals surface area contributed by atoms with Gasteiger partial charge < -0.3 is 39.9 Å². The van der Waals surface area contributed by atoms with Crippen LogP contribution in [0.25, 0.3) is 44.4 Å². The molecular weight excluding hydrogens is 785 g/mol. The van der Waals surface area contributed by atoms with Crippen molar-refractivity contribution < 1.29 is 28.7 Å². The lowest BCUT2D eigenvalue weighted by Gasteiger charge is -2.33. The molecule has 14 heteroatoms. The Bertz CT molecular complexity index is 2440. The van der Waals surface area contributed by atoms with Gasteiger partial charge in [0.1, 0.15) is 23.7 Å². The van der Waals surface area contributed by atoms with Gasteiger partial charge >= 0.3 is 12.2 Å². The number of rotatable bonds is 11. The Hall–Kier alpha value is -6.18. The fourth-order valence-electron chi connectivity index (χ4n) is 9.12. The molecule has 5 aromatic rings. The number of likely N-dealkylation sites (tertiary alicyclic amines) is 2. The van der Waals surface area contributed by atoms with E-state index < -0.39 is 24.3 Å². The number of amides is 4. The molecule has 3 aromatic carbocycles. The molecule has 0 unspecified atom stereocenters. The number of alkyl carbamates (subject to hydrolysis) is 2. The third kappa shape index (κ3) is 8.64. The minimum Gasteiger partial charge on any atom is -0.453 e. The van der Waals surface area contributed by atoms with E-state index in [1.165, 1.54) is 14.2 Å². The number of hydrogen-bond donors (Lipinski definition) is 4. The topological polar surface area (TPSA) is 175 Å². The molecule has 2 fully saturated rings. The average molecular weight is 845 g/mol. The van der Waals surface area contributed by atoms with E-state index in [1.807, 2.05) is 56.0 Å². The summed E-state index contributed by atoms with van der Waals surface area (Å²) >= 11 is 0. The first-order chi connectivity index (χ1) is 29.6. The highest BCUT2D eigenvalue weighted by molar-refractivity contribution is 5.91. The summed E-state index contributed by atoms with van der Waals surface area (Å²) in [5.41, 5.74) is 5.79. The maximum Gasteiger partial charge on any atom is 0.407 e. The van der Waals surface area contributed by atoms with Crippen LogP contribution in [0.15, 0.2) is 73.1 Å². The van der Waals surface area contributed by atoms with Gasteiger partial charge in [0.2, 0.25) is 11.8 Å². The highest BCUT2D eigenvalue weighted by atomic mass is 16.5. The monoisotopic (exact) mass is 844 g/mol. The van der Waals surface area contributed by atoms with Gasteiger partial charge in [-0.25, -0.2) is 19.6 Å². The van der Waals surface area contributed by atoms with Crippen molar-refractivity contribution in [3.63, 3.8) is 0 Å². The Morgan fingerprint density at radius 3 is 1.47 bits per heavy atom. The van der Waals surface area contributed by atoms with E-state index in [0.29, 0.717) is 5.82 Å². The number of nitrogens with zero attached hydrogens (tertiary/aromatic N) is 4. The van der Waals surface area contributed by atoms with Crippen LogP contribution < -0.4 is 10.6 Å². The van der Waals surface area contributed by atoms with Gasteiger partial charge in [0.05, 0.1) is 50.1 Å². The summed E-state index contributed by atoms with van der Waals surface area (Å²) in [5, 5.41) is 7.65. The number of fused-ring (bicyclic) bond motifs is 1. The van der Waals surface area contributed by atoms with Crippen LogP contribution in [0.2, 0.25) is 0 Å². The lowest BCUT2D eigenvalue weighted by atomic mass is 9.98. The summed E-state index contributed by atoms with van der Waals surface area (Å²) < 4.78 is 9.65. The molecule has 0 spiro atoms. The molecule has 328 valence electrons. The Balaban J connectivity index is 1.09. The molecule has 2 aromatic heterocycles. The zero-order chi connectivity index (χ0) is 44.6. The minimum absolute atomic E-state index is 0.0379. The van der Waals surface area contributed by atoms with Gasteiger partial charge in [-0.2, -0.15) is 0 Å². The largest absolute Gasteiger partial charge is 0.453 e. The van der Waals surface area contributed by atoms with Crippen molar-refractivity contribution in [2.75, 3.05) is 14.2 Å². The van der Waals surface area contributed by atoms with E-state index in [4.69, 9.17) is 19.4 Å². The smallest absolute Gasteiger partial charge is 0.407 e. The van der Waals surface area contributed by atoms with Crippen LogP contribution in [-0.4, -0.2) is 92.1 Å². The number of carbonyl (C=O) groups is 4. The number of methoxy groups -OCH3 is 2. The van der Waals surface area contributed by atoms with Gasteiger partial charge in [-0.15, -0.1) is 0 Å². The molecule has 0 bridgehead atoms. The molecule has 4 N–H and O–H groups in total. The highest BCUT2D eigenvalue weighted by Gasteiger charge is 2.46. The van der Waals surface area contributed by atoms with E-state index in [-0.39, 0.29) is 59.7 Å². The fraction of sp³-hybridized carbons (Fsp3) is 0.458. The molecule has 4 heterocycles. The van der Waals surface area contributed by atoms with E-state index in [1.54, 1.807) is 0 Å². The molecule has 2 aliphatic heterocycles. The number of ether oxygens (including phenoxy) is 2. The number of imidazole rings is 2. The lowest BCUT2D eigenvalue weighted by molar-refractivity contribution is -0.138. The second kappa shape index (κ2) is 18.0. The standard InChI is InChI=1S/C48H60N8O6/c1-25(2)41(53-47(59)61-9)45(57)55-29(7)27(5)18-39(55)43-49-23-37(51-43)35-13-11-12-31(21-35)32-14-15-34-22-36(17-16-33(34)20-32)38-24-50-44(52-38)40-19-28(6)30(8)56(40)46(58)42(26(3)4)54-48(60)62-10/h11-17,20-30,39-42H,18-19H2,1-10H3,(H,49,51)(H,50,52)(H,53,59)(H,54,60)/t27-,28-,29-,30-,39+,40+,41+,42+/m1/s1. The summed E-state index contributed by atoms with van der Waals surface area (Å²) in [7, 11) is 2.59. The second-order valence-electron chi connectivity index (χ2n) is 17.9. The van der Waals surface area contributed by atoms with E-state index in [9.17, 15) is 19.2 Å². The van der Waals surface area contributed by atoms with Crippen LogP contribution in [0.4, 0.5) is 9.59 Å². The molecule has 14 nitrogen and oxygen atoms in total. The van der Waals surface area contributed by atoms with Crippen molar-refractivity contribution in [1.29, 1.82) is 0 Å². The molecule has 0 saturated carbocycles. The van der Waals surface area contributed by atoms with Crippen molar-refractivity contribution in [3.05, 3.63) is 84.7 Å². The Kier molecular flexibility index (Phi) is 12.8. The predicted octanol–water partition coefficient (Wildman–Crippen LogP) is 8.64. The molecule has 0 radical (unpaired) electrons. The summed E-state index contributed by atoms with van der Waals surface area (Å²) in [5.74, 6) is 1.36. The van der Waals surface area contributed by atoms with Crippen LogP contribution in [0.5, 0.6) is 0 Å². The summed E-state index contributed by atoms with van der Waals surface area (Å²) in [6, 6.07) is 19.0. The third-order valence-electron chi connectivity index (χ3n) is 13.2. The maximum absolute atomic E-state index is 14.0. The van der Waals surface area contributed by atoms with Crippen molar-refractivity contribution in [3.8, 4) is 33.6 Å². The van der Waals surface area contributed by atoms with E-state index >= 15 is 0 Å². The average Bonchev–Trinajstić information content (AvgIpc) is 4.07. The first-order valence-corrected chi connectivity index (χ1v) is 21.7. The van der Waals surface area contributed by atoms with E-state index in [0.717, 1.165) is 63.1 Å². The molecular formula is C48H60N8O6. The van der Waals surface area contributed by atoms with Gasteiger partial charge in [0.15, 0.2) is 0 Å². The number of aromatic amines is 2. The number of H-pyrrole nitrogens is 2. The zero-order valence-electron chi connectivity index (χ0n) is 37.4. The second-order valence-corrected chi connectivity index (χ2v) is 17.9. The van der Waals surface area contributed by atoms with Gasteiger partial charge in [0.25, 0.3) is 0 Å². The predicted molar refractivity (Wildman–Crippen MR) is 239 cm³/mol. The lowest BCUT2D eigenvalue weighted by Crippen LogP contribution is -2.53. The van der Waals surface area contributed by atoms with Crippen molar-refractivity contribution in [1.82, 2.24) is 40.4 Å². The first-order valence-electron chi connectivity index (χ1n) is 21.7. The van der Waals surface area contributed by atoms with Crippen molar-refractivity contribution in [2.24, 2.45) is 23.7 Å². The molecule has 4 amide bonds. The SMILES string of the molecule is COC(=O)N[C@H](C(=O)N1[C@H](C)[C@H](C)C[C@H]1c1ncc(-c2cccc(-c3ccc4cc(-c5cnc([C@@H]6C[C@@H](C)[C@@H](C)N6C(=O)[C@@H](NC(=O)OC)C(C)C)[nH]5)ccc4c3)c2)[nH]1)C(C)C. The molecule has 8 atom stereocenters. The third-order valence-corrected chi connectivity index (χ3v) is 13.2. The summed E-state index contributed by atoms with van der Waals surface area (Å²) in [6.07, 6.45) is 3.90. The fourth-order valence-corrected chi connectivity index (χ4v) is 9.12. The number of aromatic nitrogens is 4. The van der Waals surface area contributed by atoms with Crippen LogP contribution in [0.1, 0.15) is 92.0 Å². The van der Waals surface area contributed by atoms with Crippen molar-refractivity contribution in [2.45, 2.75) is 104 Å². The Morgan fingerprint density at radius 2 is 1.02 bits per heavy atom. The van der Waals surface area contributed by atoms with Gasteiger partial charge in [0, 0.05) is 23.2 Å². The number of hydrogen-bond acceptors (Lipinski definition) is 8. The van der Waals surface area contributed by atoms with Crippen LogP contribution >= 0.6 is 0 Å². The Morgan fingerprint density at radius 1 is 0.613 bits per heavy atom. The van der Waals surface area contributed by atoms with Gasteiger partial charge in [-0.05, 0) is 90.5 Å². The summed E-state index contributed by atoms with van der Waals surface area (Å²) in [4.78, 5) is 72.7. The number of nitrogens with one attached hydrogen (secondary N) is 4. The normalized spacial score (nSPS) is 22.3. The number of benzene rings is 3. The number of carbonyl (C=O) groups excluding carboxylic acids is 4. The molecule has 7 rings (SSSR count). The Labute approximate surface area is 363 Å². The van der Waals surface area contributed by atoms with Crippen LogP contribution in [-0.2, 0) is 19.1 Å². The maximum atomic E-state index is 14.0. The highest BCUT2D eigenvalue weighted by Crippen LogP contribution is 2.42. The molecule has 2 saturated heterocycles. The summed E-state index contributed by atoms with van der Waals surface area (Å²) in [6.45, 7) is 16.0.